The average Bonchev–Trinajstić information content (AvgIpc) is 2.57. The summed E-state index contributed by atoms with van der Waals surface area (Å²) in [5, 5.41) is 10.5. The zero-order chi connectivity index (χ0) is 15.2. The Kier molecular flexibility index (Phi) is 4.53. The van der Waals surface area contributed by atoms with Crippen molar-refractivity contribution in [2.45, 2.75) is 13.8 Å². The van der Waals surface area contributed by atoms with E-state index < -0.39 is 0 Å². The van der Waals surface area contributed by atoms with E-state index in [1.807, 2.05) is 56.3 Å². The molecule has 0 spiro atoms. The second-order valence-corrected chi connectivity index (χ2v) is 4.30. The molecule has 3 heteroatoms. The number of nitriles is 1. The molecule has 0 fully saturated rings. The third-order valence-electron chi connectivity index (χ3n) is 3.10. The van der Waals surface area contributed by atoms with E-state index in [0.717, 1.165) is 16.5 Å². The van der Waals surface area contributed by atoms with Crippen LogP contribution in [0.5, 0.6) is 0 Å². The molecular weight excluding hydrogens is 260 g/mol. The van der Waals surface area contributed by atoms with Crippen LogP contribution in [0.4, 0.5) is 0 Å². The summed E-state index contributed by atoms with van der Waals surface area (Å²) in [6.07, 6.45) is 1.64. The van der Waals surface area contributed by atoms with E-state index in [0.29, 0.717) is 10.9 Å². The number of rotatable bonds is 1. The lowest BCUT2D eigenvalue weighted by atomic mass is 10.0. The first-order chi connectivity index (χ1) is 10.3. The van der Waals surface area contributed by atoms with Gasteiger partial charge in [-0.3, -0.25) is 4.79 Å². The van der Waals surface area contributed by atoms with Gasteiger partial charge in [-0.05, 0) is 40.8 Å². The SMILES string of the molecule is CC.N#Cc1cccc(-c2ccc3cc[nH]c(=O)c3c2)c1. The van der Waals surface area contributed by atoms with Crippen molar-refractivity contribution < 1.29 is 0 Å². The van der Waals surface area contributed by atoms with Gasteiger partial charge in [0.2, 0.25) is 0 Å². The number of hydrogen-bond donors (Lipinski definition) is 1. The highest BCUT2D eigenvalue weighted by molar-refractivity contribution is 5.86. The van der Waals surface area contributed by atoms with E-state index in [2.05, 4.69) is 11.1 Å². The van der Waals surface area contributed by atoms with Gasteiger partial charge in [0.25, 0.3) is 5.56 Å². The molecule has 1 aromatic heterocycles. The molecule has 0 amide bonds. The minimum atomic E-state index is -0.101. The lowest BCUT2D eigenvalue weighted by molar-refractivity contribution is 1.28. The molecule has 0 aliphatic heterocycles. The summed E-state index contributed by atoms with van der Waals surface area (Å²) in [6.45, 7) is 4.00. The van der Waals surface area contributed by atoms with E-state index in [1.165, 1.54) is 0 Å². The topological polar surface area (TPSA) is 56.6 Å². The molecule has 0 unspecified atom stereocenters. The van der Waals surface area contributed by atoms with Gasteiger partial charge in [-0.25, -0.2) is 0 Å². The third-order valence-corrected chi connectivity index (χ3v) is 3.10. The fraction of sp³-hybridized carbons (Fsp3) is 0.111. The first-order valence-corrected chi connectivity index (χ1v) is 6.90. The third kappa shape index (κ3) is 3.01. The summed E-state index contributed by atoms with van der Waals surface area (Å²) in [5.74, 6) is 0. The Labute approximate surface area is 123 Å². The Morgan fingerprint density at radius 3 is 2.52 bits per heavy atom. The minimum absolute atomic E-state index is 0.101. The van der Waals surface area contributed by atoms with Crippen LogP contribution in [0.1, 0.15) is 19.4 Å². The van der Waals surface area contributed by atoms with E-state index in [-0.39, 0.29) is 5.56 Å². The van der Waals surface area contributed by atoms with Gasteiger partial charge in [-0.1, -0.05) is 38.1 Å². The first-order valence-electron chi connectivity index (χ1n) is 6.90. The number of pyridine rings is 1. The molecule has 0 saturated carbocycles. The largest absolute Gasteiger partial charge is 0.329 e. The van der Waals surface area contributed by atoms with Crippen LogP contribution < -0.4 is 5.56 Å². The van der Waals surface area contributed by atoms with Crippen molar-refractivity contribution in [1.29, 1.82) is 5.26 Å². The maximum Gasteiger partial charge on any atom is 0.255 e. The van der Waals surface area contributed by atoms with E-state index >= 15 is 0 Å². The zero-order valence-corrected chi connectivity index (χ0v) is 12.1. The van der Waals surface area contributed by atoms with Crippen LogP contribution in [0.25, 0.3) is 21.9 Å². The molecule has 3 rings (SSSR count). The van der Waals surface area contributed by atoms with Gasteiger partial charge in [-0.15, -0.1) is 0 Å². The minimum Gasteiger partial charge on any atom is -0.329 e. The summed E-state index contributed by atoms with van der Waals surface area (Å²) in [6, 6.07) is 17.1. The summed E-state index contributed by atoms with van der Waals surface area (Å²) >= 11 is 0. The zero-order valence-electron chi connectivity index (χ0n) is 12.1. The highest BCUT2D eigenvalue weighted by atomic mass is 16.1. The quantitative estimate of drug-likeness (QED) is 0.727. The molecule has 104 valence electrons. The van der Waals surface area contributed by atoms with E-state index in [9.17, 15) is 4.79 Å². The Bertz CT molecular complexity index is 857. The molecule has 0 bridgehead atoms. The average molecular weight is 276 g/mol. The predicted molar refractivity (Wildman–Crippen MR) is 86.1 cm³/mol. The number of aromatic nitrogens is 1. The van der Waals surface area contributed by atoms with Crippen LogP contribution in [0.2, 0.25) is 0 Å². The van der Waals surface area contributed by atoms with Crippen LogP contribution in [-0.4, -0.2) is 4.98 Å². The van der Waals surface area contributed by atoms with Crippen molar-refractivity contribution in [1.82, 2.24) is 4.98 Å². The smallest absolute Gasteiger partial charge is 0.255 e. The summed E-state index contributed by atoms with van der Waals surface area (Å²) in [4.78, 5) is 14.4. The summed E-state index contributed by atoms with van der Waals surface area (Å²) < 4.78 is 0. The van der Waals surface area contributed by atoms with Crippen molar-refractivity contribution >= 4 is 10.8 Å². The fourth-order valence-electron chi connectivity index (χ4n) is 2.13. The summed E-state index contributed by atoms with van der Waals surface area (Å²) in [7, 11) is 0. The lowest BCUT2D eigenvalue weighted by Crippen LogP contribution is -2.04. The Balaban J connectivity index is 0.000000774. The second kappa shape index (κ2) is 6.53. The number of nitrogens with one attached hydrogen (secondary N) is 1. The van der Waals surface area contributed by atoms with Gasteiger partial charge in [0.1, 0.15) is 0 Å². The maximum absolute atomic E-state index is 11.8. The van der Waals surface area contributed by atoms with Crippen LogP contribution >= 0.6 is 0 Å². The number of H-pyrrole nitrogens is 1. The molecule has 0 aliphatic carbocycles. The first kappa shape index (κ1) is 14.5. The second-order valence-electron chi connectivity index (χ2n) is 4.30. The highest BCUT2D eigenvalue weighted by Gasteiger charge is 2.03. The van der Waals surface area contributed by atoms with Crippen molar-refractivity contribution in [2.75, 3.05) is 0 Å². The molecule has 3 nitrogen and oxygen atoms in total. The number of aromatic amines is 1. The normalized spacial score (nSPS) is 9.57. The molecule has 0 radical (unpaired) electrons. The predicted octanol–water partition coefficient (Wildman–Crippen LogP) is 4.09. The molecule has 21 heavy (non-hydrogen) atoms. The van der Waals surface area contributed by atoms with Crippen LogP contribution in [-0.2, 0) is 0 Å². The number of benzene rings is 2. The molecule has 1 N–H and O–H groups in total. The molecule has 2 aromatic carbocycles. The van der Waals surface area contributed by atoms with Gasteiger partial charge in [0.05, 0.1) is 11.6 Å². The van der Waals surface area contributed by atoms with Gasteiger partial charge >= 0.3 is 0 Å². The Hall–Kier alpha value is -2.86. The van der Waals surface area contributed by atoms with Crippen molar-refractivity contribution in [3.05, 3.63) is 70.6 Å². The van der Waals surface area contributed by atoms with Gasteiger partial charge < -0.3 is 4.98 Å². The summed E-state index contributed by atoms with van der Waals surface area (Å²) in [5.41, 5.74) is 2.38. The van der Waals surface area contributed by atoms with Crippen LogP contribution in [0.3, 0.4) is 0 Å². The molecule has 0 saturated heterocycles. The molecule has 1 heterocycles. The van der Waals surface area contributed by atoms with E-state index in [1.54, 1.807) is 12.3 Å². The Morgan fingerprint density at radius 1 is 1.00 bits per heavy atom. The van der Waals surface area contributed by atoms with Crippen molar-refractivity contribution in [3.63, 3.8) is 0 Å². The number of hydrogen-bond acceptors (Lipinski definition) is 2. The van der Waals surface area contributed by atoms with Crippen molar-refractivity contribution in [2.24, 2.45) is 0 Å². The van der Waals surface area contributed by atoms with E-state index in [4.69, 9.17) is 5.26 Å². The van der Waals surface area contributed by atoms with Gasteiger partial charge in [0.15, 0.2) is 0 Å². The highest BCUT2D eigenvalue weighted by Crippen LogP contribution is 2.23. The molecule has 3 aromatic rings. The van der Waals surface area contributed by atoms with Gasteiger partial charge in [-0.2, -0.15) is 5.26 Å². The molecule has 0 aliphatic rings. The van der Waals surface area contributed by atoms with Crippen molar-refractivity contribution in [3.8, 4) is 17.2 Å². The lowest BCUT2D eigenvalue weighted by Gasteiger charge is -2.04. The monoisotopic (exact) mass is 276 g/mol. The van der Waals surface area contributed by atoms with Gasteiger partial charge in [0, 0.05) is 11.6 Å². The van der Waals surface area contributed by atoms with Crippen LogP contribution in [0.15, 0.2) is 59.5 Å². The Morgan fingerprint density at radius 2 is 1.76 bits per heavy atom. The molecule has 0 atom stereocenters. The number of nitrogens with zero attached hydrogens (tertiary/aromatic N) is 1. The maximum atomic E-state index is 11.8. The molecular formula is C18H16N2O. The number of fused-ring (bicyclic) bond motifs is 1. The van der Waals surface area contributed by atoms with Crippen LogP contribution in [0, 0.1) is 11.3 Å². The fourth-order valence-corrected chi connectivity index (χ4v) is 2.13. The standard InChI is InChI=1S/C16H10N2O.C2H6/c17-10-11-2-1-3-13(8-11)14-5-4-12-6-7-18-16(19)15(12)9-14;1-2/h1-9H,(H,18,19);1-2H3.